The quantitative estimate of drug-likeness (QED) is 0.231. The van der Waals surface area contributed by atoms with Crippen molar-refractivity contribution in [3.8, 4) is 28.5 Å². The Labute approximate surface area is 238 Å². The van der Waals surface area contributed by atoms with Crippen molar-refractivity contribution >= 4 is 11.6 Å². The maximum Gasteiger partial charge on any atom is 0.310 e. The molecule has 2 aromatic heterocycles. The monoisotopic (exact) mass is 545 g/mol. The zero-order valence-corrected chi connectivity index (χ0v) is 23.0. The van der Waals surface area contributed by atoms with E-state index in [1.807, 2.05) is 23.1 Å². The summed E-state index contributed by atoms with van der Waals surface area (Å²) in [6.07, 6.45) is 16.1. The first-order valence-corrected chi connectivity index (χ1v) is 15.0. The fourth-order valence-corrected chi connectivity index (χ4v) is 7.49. The van der Waals surface area contributed by atoms with Crippen molar-refractivity contribution in [1.82, 2.24) is 24.5 Å². The second-order valence-electron chi connectivity index (χ2n) is 12.0. The third kappa shape index (κ3) is 4.03. The summed E-state index contributed by atoms with van der Waals surface area (Å²) in [5.74, 6) is 2.66. The van der Waals surface area contributed by atoms with Gasteiger partial charge >= 0.3 is 5.82 Å². The molecule has 1 saturated carbocycles. The van der Waals surface area contributed by atoms with E-state index in [-0.39, 0.29) is 23.9 Å². The van der Waals surface area contributed by atoms with Gasteiger partial charge in [-0.15, -0.1) is 10.2 Å². The second kappa shape index (κ2) is 9.72. The molecule has 8 rings (SSSR count). The number of benzene rings is 2. The third-order valence-corrected chi connectivity index (χ3v) is 9.71. The molecule has 206 valence electrons. The van der Waals surface area contributed by atoms with Gasteiger partial charge < -0.3 is 4.57 Å². The van der Waals surface area contributed by atoms with Crippen LogP contribution in [0.1, 0.15) is 81.0 Å². The molecule has 3 unspecified atom stereocenters. The van der Waals surface area contributed by atoms with Crippen LogP contribution in [0.15, 0.2) is 67.3 Å². The molecule has 0 saturated heterocycles. The highest BCUT2D eigenvalue weighted by Crippen LogP contribution is 2.42. The summed E-state index contributed by atoms with van der Waals surface area (Å²) < 4.78 is 6.14. The molecule has 1 fully saturated rings. The van der Waals surface area contributed by atoms with Gasteiger partial charge in [0.2, 0.25) is 6.33 Å². The first-order chi connectivity index (χ1) is 20.2. The van der Waals surface area contributed by atoms with Crippen LogP contribution < -0.4 is 4.57 Å². The topological polar surface area (TPSA) is 86.5 Å². The van der Waals surface area contributed by atoms with Crippen molar-refractivity contribution in [1.29, 1.82) is 0 Å². The Balaban J connectivity index is 1.13. The molecule has 0 spiro atoms. The van der Waals surface area contributed by atoms with Crippen molar-refractivity contribution in [2.45, 2.75) is 69.9 Å². The number of nitrogens with zero attached hydrogens (tertiary/aromatic N) is 6. The number of carbonyl (C=O) groups excluding carboxylic acids is 2. The van der Waals surface area contributed by atoms with Gasteiger partial charge in [-0.2, -0.15) is 0 Å². The van der Waals surface area contributed by atoms with Gasteiger partial charge in [-0.25, -0.2) is 4.57 Å². The normalized spacial score (nSPS) is 22.4. The predicted molar refractivity (Wildman–Crippen MR) is 152 cm³/mol. The molecule has 4 aromatic rings. The number of Topliss-reactive ketones (excluding diaryl/α,β-unsaturated/α-hetero) is 2. The molecule has 8 nitrogen and oxygen atoms in total. The summed E-state index contributed by atoms with van der Waals surface area (Å²) in [4.78, 5) is 26.6. The minimum absolute atomic E-state index is 0.0596. The number of fused-ring (bicyclic) bond motifs is 6. The van der Waals surface area contributed by atoms with Crippen molar-refractivity contribution in [3.05, 3.63) is 78.4 Å². The molecular weight excluding hydrogens is 512 g/mol. The summed E-state index contributed by atoms with van der Waals surface area (Å²) in [7, 11) is 0. The Morgan fingerprint density at radius 3 is 2.61 bits per heavy atom. The Bertz CT molecular complexity index is 1710. The van der Waals surface area contributed by atoms with Gasteiger partial charge in [-0.05, 0) is 61.9 Å². The molecule has 0 N–H and O–H groups in total. The van der Waals surface area contributed by atoms with E-state index in [1.165, 1.54) is 5.56 Å². The van der Waals surface area contributed by atoms with Crippen LogP contribution in [-0.2, 0) is 9.59 Å². The van der Waals surface area contributed by atoms with Gasteiger partial charge in [0.25, 0.3) is 0 Å². The van der Waals surface area contributed by atoms with Crippen molar-refractivity contribution in [3.63, 3.8) is 0 Å². The van der Waals surface area contributed by atoms with Gasteiger partial charge in [-0.3, -0.25) is 9.59 Å². The number of aromatic nitrogens is 6. The molecule has 8 heteroatoms. The number of hydrogen-bond donors (Lipinski definition) is 0. The smallest absolute Gasteiger partial charge is 0.305 e. The summed E-state index contributed by atoms with van der Waals surface area (Å²) >= 11 is 0. The van der Waals surface area contributed by atoms with Crippen LogP contribution in [0.5, 0.6) is 0 Å². The van der Waals surface area contributed by atoms with Crippen molar-refractivity contribution in [2.24, 2.45) is 11.8 Å². The molecular formula is C33H33N6O2+. The molecule has 4 heterocycles. The lowest BCUT2D eigenvalue weighted by atomic mass is 9.86. The first kappa shape index (κ1) is 24.6. The second-order valence-corrected chi connectivity index (χ2v) is 12.0. The van der Waals surface area contributed by atoms with Crippen LogP contribution in [0.25, 0.3) is 28.5 Å². The predicted octanol–water partition coefficient (Wildman–Crippen LogP) is 5.36. The Kier molecular flexibility index (Phi) is 5.83. The van der Waals surface area contributed by atoms with Crippen LogP contribution in [0, 0.1) is 11.8 Å². The largest absolute Gasteiger partial charge is 0.310 e. The summed E-state index contributed by atoms with van der Waals surface area (Å²) in [6, 6.07) is 14.4. The van der Waals surface area contributed by atoms with E-state index in [4.69, 9.17) is 5.10 Å². The number of allylic oxidation sites excluding steroid dienone is 2. The van der Waals surface area contributed by atoms with Gasteiger partial charge in [0, 0.05) is 35.8 Å². The van der Waals surface area contributed by atoms with E-state index in [9.17, 15) is 9.59 Å². The highest BCUT2D eigenvalue weighted by molar-refractivity contribution is 5.84. The molecule has 2 aliphatic heterocycles. The number of carbonyl (C=O) groups is 2. The van der Waals surface area contributed by atoms with Crippen molar-refractivity contribution < 1.29 is 14.2 Å². The van der Waals surface area contributed by atoms with Crippen LogP contribution in [-0.4, -0.2) is 36.1 Å². The fourth-order valence-electron chi connectivity index (χ4n) is 7.49. The lowest BCUT2D eigenvalue weighted by Crippen LogP contribution is -2.38. The molecule has 2 aliphatic carbocycles. The fraction of sp³-hybridized carbons (Fsp3) is 0.394. The first-order valence-electron chi connectivity index (χ1n) is 15.0. The maximum atomic E-state index is 13.4. The number of hydrogen-bond acceptors (Lipinski definition) is 5. The van der Waals surface area contributed by atoms with Gasteiger partial charge in [0.05, 0.1) is 16.7 Å². The zero-order valence-electron chi connectivity index (χ0n) is 23.0. The summed E-state index contributed by atoms with van der Waals surface area (Å²) in [6.45, 7) is 0. The average molecular weight is 546 g/mol. The highest BCUT2D eigenvalue weighted by Gasteiger charge is 2.40. The minimum atomic E-state index is -0.103. The van der Waals surface area contributed by atoms with E-state index in [0.717, 1.165) is 79.0 Å². The molecule has 4 aliphatic rings. The Morgan fingerprint density at radius 2 is 1.76 bits per heavy atom. The Hall–Kier alpha value is -4.20. The lowest BCUT2D eigenvalue weighted by molar-refractivity contribution is -0.697. The summed E-state index contributed by atoms with van der Waals surface area (Å²) in [5, 5.41) is 13.6. The molecule has 0 amide bonds. The highest BCUT2D eigenvalue weighted by atomic mass is 16.1. The SMILES string of the molecule is O=C(CC1c2ccccc2-c2nn(-c3ccc4c(c3)C(CC(=O)C3CCCC3)n3cnnc3-4)c[n+]21)C1CC=CCC1. The van der Waals surface area contributed by atoms with Crippen molar-refractivity contribution in [2.75, 3.05) is 0 Å². The van der Waals surface area contributed by atoms with Gasteiger partial charge in [0.15, 0.2) is 5.82 Å². The number of ketones is 2. The van der Waals surface area contributed by atoms with E-state index < -0.39 is 0 Å². The zero-order chi connectivity index (χ0) is 27.5. The standard InChI is InChI=1S/C33H33N6O2/c40-30(21-8-2-1-3-9-21)17-28-24-12-6-7-13-25(24)33-36-39(20-38(28)33)23-14-15-26-27(16-23)29(37-19-34-35-32(26)37)18-31(41)22-10-4-5-11-22/h1-2,6-7,12-16,19-22,28-29H,3-5,8-11,17-18H2/q+1. The van der Waals surface area contributed by atoms with E-state index >= 15 is 0 Å². The molecule has 0 radical (unpaired) electrons. The Morgan fingerprint density at radius 1 is 0.902 bits per heavy atom. The van der Waals surface area contributed by atoms with Gasteiger partial charge in [-0.1, -0.05) is 47.9 Å². The maximum absolute atomic E-state index is 13.4. The molecule has 2 aromatic carbocycles. The van der Waals surface area contributed by atoms with Crippen LogP contribution in [0.3, 0.4) is 0 Å². The van der Waals surface area contributed by atoms with E-state index in [2.05, 4.69) is 61.8 Å². The van der Waals surface area contributed by atoms with Gasteiger partial charge in [0.1, 0.15) is 29.6 Å². The third-order valence-electron chi connectivity index (χ3n) is 9.71. The average Bonchev–Trinajstić information content (AvgIpc) is 3.83. The van der Waals surface area contributed by atoms with E-state index in [1.54, 1.807) is 6.33 Å². The molecule has 41 heavy (non-hydrogen) atoms. The number of rotatable bonds is 7. The molecule has 3 atom stereocenters. The lowest BCUT2D eigenvalue weighted by Gasteiger charge is -2.18. The van der Waals surface area contributed by atoms with Crippen LogP contribution >= 0.6 is 0 Å². The molecule has 0 bridgehead atoms. The van der Waals surface area contributed by atoms with Crippen LogP contribution in [0.4, 0.5) is 0 Å². The van der Waals surface area contributed by atoms with Crippen LogP contribution in [0.2, 0.25) is 0 Å². The van der Waals surface area contributed by atoms with E-state index in [0.29, 0.717) is 24.4 Å². The minimum Gasteiger partial charge on any atom is -0.305 e. The summed E-state index contributed by atoms with van der Waals surface area (Å²) in [5.41, 5.74) is 5.30.